The summed E-state index contributed by atoms with van der Waals surface area (Å²) in [4.78, 5) is 11.2. The van der Waals surface area contributed by atoms with Crippen LogP contribution in [0, 0.1) is 5.82 Å². The molecule has 1 atom stereocenters. The molecule has 1 unspecified atom stereocenters. The molecule has 0 amide bonds. The van der Waals surface area contributed by atoms with E-state index in [1.807, 2.05) is 0 Å². The molecule has 0 fully saturated rings. The normalized spacial score (nSPS) is 12.3. The summed E-state index contributed by atoms with van der Waals surface area (Å²) in [6.07, 6.45) is 1.01. The summed E-state index contributed by atoms with van der Waals surface area (Å²) in [7, 11) is 1.61. The molecule has 1 N–H and O–H groups in total. The Kier molecular flexibility index (Phi) is 7.07. The van der Waals surface area contributed by atoms with Crippen molar-refractivity contribution in [3.05, 3.63) is 35.6 Å². The van der Waals surface area contributed by atoms with E-state index in [0.29, 0.717) is 13.2 Å². The van der Waals surface area contributed by atoms with Gasteiger partial charge in [-0.15, -0.1) is 0 Å². The molecule has 0 aliphatic rings. The Hall–Kier alpha value is -1.46. The van der Waals surface area contributed by atoms with E-state index >= 15 is 0 Å². The molecule has 5 heteroatoms. The van der Waals surface area contributed by atoms with Gasteiger partial charge in [0.1, 0.15) is 5.82 Å². The van der Waals surface area contributed by atoms with E-state index in [1.165, 1.54) is 12.1 Å². The van der Waals surface area contributed by atoms with Gasteiger partial charge in [0.05, 0.1) is 5.92 Å². The second kappa shape index (κ2) is 8.61. The first-order valence-electron chi connectivity index (χ1n) is 6.20. The monoisotopic (exact) mass is 270 g/mol. The minimum absolute atomic E-state index is 0.204. The molecular weight excluding hydrogens is 251 g/mol. The van der Waals surface area contributed by atoms with Crippen molar-refractivity contribution in [2.45, 2.75) is 18.8 Å². The summed E-state index contributed by atoms with van der Waals surface area (Å²) in [5.74, 6) is -2.40. The molecular formula is C14H19FO4. The summed E-state index contributed by atoms with van der Waals surface area (Å²) in [6, 6.07) is 5.94. The number of halogens is 1. The Morgan fingerprint density at radius 3 is 2.68 bits per heavy atom. The molecule has 19 heavy (non-hydrogen) atoms. The minimum Gasteiger partial charge on any atom is -0.481 e. The molecule has 0 heterocycles. The first-order chi connectivity index (χ1) is 9.16. The molecule has 0 aliphatic heterocycles. The van der Waals surface area contributed by atoms with Crippen LogP contribution in [0.25, 0.3) is 0 Å². The summed E-state index contributed by atoms with van der Waals surface area (Å²) < 4.78 is 23.7. The zero-order valence-corrected chi connectivity index (χ0v) is 11.0. The molecule has 4 nitrogen and oxygen atoms in total. The molecule has 0 saturated heterocycles. The van der Waals surface area contributed by atoms with Crippen LogP contribution in [-0.2, 0) is 14.3 Å². The van der Waals surface area contributed by atoms with Gasteiger partial charge in [0.2, 0.25) is 0 Å². The topological polar surface area (TPSA) is 55.8 Å². The highest BCUT2D eigenvalue weighted by Crippen LogP contribution is 2.22. The van der Waals surface area contributed by atoms with Gasteiger partial charge in [-0.3, -0.25) is 4.79 Å². The van der Waals surface area contributed by atoms with E-state index in [-0.39, 0.29) is 18.6 Å². The second-order valence-corrected chi connectivity index (χ2v) is 4.16. The zero-order valence-electron chi connectivity index (χ0n) is 11.0. The summed E-state index contributed by atoms with van der Waals surface area (Å²) in [5, 5.41) is 9.15. The Morgan fingerprint density at radius 2 is 2.05 bits per heavy atom. The molecule has 0 aliphatic carbocycles. The van der Waals surface area contributed by atoms with Gasteiger partial charge in [-0.1, -0.05) is 18.2 Å². The lowest BCUT2D eigenvalue weighted by Gasteiger charge is -2.13. The molecule has 1 aromatic carbocycles. The van der Waals surface area contributed by atoms with Gasteiger partial charge >= 0.3 is 5.97 Å². The number of ether oxygens (including phenoxy) is 2. The van der Waals surface area contributed by atoms with Gasteiger partial charge in [0, 0.05) is 32.5 Å². The number of aliphatic carboxylic acids is 1. The predicted octanol–water partition coefficient (Wildman–Crippen LogP) is 2.44. The van der Waals surface area contributed by atoms with Gasteiger partial charge in [-0.05, 0) is 18.9 Å². The summed E-state index contributed by atoms with van der Waals surface area (Å²) in [6.45, 7) is 1.40. The van der Waals surface area contributed by atoms with Crippen LogP contribution in [0.1, 0.15) is 24.3 Å². The standard InChI is InChI=1S/C14H19FO4/c1-18-8-4-9-19-10-7-12(14(16)17)11-5-2-3-6-13(11)15/h2-3,5-6,12H,4,7-10H2,1H3,(H,16,17). The van der Waals surface area contributed by atoms with Crippen molar-refractivity contribution in [1.82, 2.24) is 0 Å². The maximum Gasteiger partial charge on any atom is 0.311 e. The van der Waals surface area contributed by atoms with Gasteiger partial charge in [0.25, 0.3) is 0 Å². The van der Waals surface area contributed by atoms with Crippen molar-refractivity contribution in [2.75, 3.05) is 26.9 Å². The third kappa shape index (κ3) is 5.36. The fourth-order valence-electron chi connectivity index (χ4n) is 1.78. The minimum atomic E-state index is -1.04. The Labute approximate surface area is 112 Å². The van der Waals surface area contributed by atoms with E-state index in [0.717, 1.165) is 6.42 Å². The van der Waals surface area contributed by atoms with Crippen LogP contribution in [0.4, 0.5) is 4.39 Å². The van der Waals surface area contributed by atoms with Crippen molar-refractivity contribution in [2.24, 2.45) is 0 Å². The van der Waals surface area contributed by atoms with Crippen LogP contribution in [0.15, 0.2) is 24.3 Å². The molecule has 0 aromatic heterocycles. The smallest absolute Gasteiger partial charge is 0.311 e. The Morgan fingerprint density at radius 1 is 1.32 bits per heavy atom. The SMILES string of the molecule is COCCCOCCC(C(=O)O)c1ccccc1F. The lowest BCUT2D eigenvalue weighted by molar-refractivity contribution is -0.139. The Bertz CT molecular complexity index is 395. The molecule has 0 bridgehead atoms. The van der Waals surface area contributed by atoms with E-state index < -0.39 is 17.7 Å². The lowest BCUT2D eigenvalue weighted by Crippen LogP contribution is -2.16. The third-order valence-electron chi connectivity index (χ3n) is 2.77. The van der Waals surface area contributed by atoms with Gasteiger partial charge in [-0.25, -0.2) is 4.39 Å². The third-order valence-corrected chi connectivity index (χ3v) is 2.77. The highest BCUT2D eigenvalue weighted by atomic mass is 19.1. The first-order valence-corrected chi connectivity index (χ1v) is 6.20. The molecule has 0 spiro atoms. The zero-order chi connectivity index (χ0) is 14.1. The van der Waals surface area contributed by atoms with Crippen molar-refractivity contribution >= 4 is 5.97 Å². The average Bonchev–Trinajstić information content (AvgIpc) is 2.39. The van der Waals surface area contributed by atoms with Crippen molar-refractivity contribution < 1.29 is 23.8 Å². The van der Waals surface area contributed by atoms with Crippen LogP contribution >= 0.6 is 0 Å². The first kappa shape index (κ1) is 15.6. The van der Waals surface area contributed by atoms with Crippen molar-refractivity contribution in [3.8, 4) is 0 Å². The maximum absolute atomic E-state index is 13.6. The number of benzene rings is 1. The van der Waals surface area contributed by atoms with Crippen LogP contribution in [0.2, 0.25) is 0 Å². The highest BCUT2D eigenvalue weighted by molar-refractivity contribution is 5.76. The number of hydrogen-bond donors (Lipinski definition) is 1. The van der Waals surface area contributed by atoms with Gasteiger partial charge in [0.15, 0.2) is 0 Å². The molecule has 106 valence electrons. The predicted molar refractivity (Wildman–Crippen MR) is 68.7 cm³/mol. The van der Waals surface area contributed by atoms with Gasteiger partial charge < -0.3 is 14.6 Å². The fraction of sp³-hybridized carbons (Fsp3) is 0.500. The molecule has 0 saturated carbocycles. The van der Waals surface area contributed by atoms with Crippen LogP contribution < -0.4 is 0 Å². The fourth-order valence-corrected chi connectivity index (χ4v) is 1.78. The number of carboxylic acid groups (broad SMARTS) is 1. The van der Waals surface area contributed by atoms with Crippen LogP contribution in [0.5, 0.6) is 0 Å². The molecule has 0 radical (unpaired) electrons. The van der Waals surface area contributed by atoms with Crippen LogP contribution in [-0.4, -0.2) is 38.0 Å². The number of hydrogen-bond acceptors (Lipinski definition) is 3. The van der Waals surface area contributed by atoms with E-state index in [2.05, 4.69) is 0 Å². The highest BCUT2D eigenvalue weighted by Gasteiger charge is 2.22. The Balaban J connectivity index is 2.46. The quantitative estimate of drug-likeness (QED) is 0.700. The number of carbonyl (C=O) groups is 1. The number of rotatable bonds is 9. The maximum atomic E-state index is 13.6. The largest absolute Gasteiger partial charge is 0.481 e. The molecule has 1 aromatic rings. The van der Waals surface area contributed by atoms with E-state index in [1.54, 1.807) is 19.2 Å². The summed E-state index contributed by atoms with van der Waals surface area (Å²) in [5.41, 5.74) is 0.204. The van der Waals surface area contributed by atoms with Crippen LogP contribution in [0.3, 0.4) is 0 Å². The van der Waals surface area contributed by atoms with Crippen molar-refractivity contribution in [1.29, 1.82) is 0 Å². The van der Waals surface area contributed by atoms with Gasteiger partial charge in [-0.2, -0.15) is 0 Å². The number of methoxy groups -OCH3 is 1. The van der Waals surface area contributed by atoms with E-state index in [4.69, 9.17) is 14.6 Å². The lowest BCUT2D eigenvalue weighted by atomic mass is 9.96. The molecule has 1 rings (SSSR count). The van der Waals surface area contributed by atoms with Crippen molar-refractivity contribution in [3.63, 3.8) is 0 Å². The number of carboxylic acids is 1. The van der Waals surface area contributed by atoms with E-state index in [9.17, 15) is 9.18 Å². The summed E-state index contributed by atoms with van der Waals surface area (Å²) >= 11 is 0. The average molecular weight is 270 g/mol. The second-order valence-electron chi connectivity index (χ2n) is 4.16.